The average molecular weight is 348 g/mol. The zero-order valence-corrected chi connectivity index (χ0v) is 14.3. The number of esters is 2. The second-order valence-corrected chi connectivity index (χ2v) is 6.76. The lowest BCUT2D eigenvalue weighted by molar-refractivity contribution is -0.0856. The Morgan fingerprint density at radius 1 is 0.654 bits per heavy atom. The predicted molar refractivity (Wildman–Crippen MR) is 96.6 cm³/mol. The molecule has 0 aliphatic heterocycles. The maximum atomic E-state index is 12.5. The summed E-state index contributed by atoms with van der Waals surface area (Å²) in [6.07, 6.45) is 5.16. The Morgan fingerprint density at radius 3 is 1.38 bits per heavy atom. The van der Waals surface area contributed by atoms with Crippen LogP contribution >= 0.6 is 0 Å². The van der Waals surface area contributed by atoms with Crippen LogP contribution in [0.4, 0.5) is 0 Å². The van der Waals surface area contributed by atoms with Crippen LogP contribution in [0.2, 0.25) is 0 Å². The monoisotopic (exact) mass is 348 g/mol. The van der Waals surface area contributed by atoms with E-state index >= 15 is 0 Å². The third-order valence-corrected chi connectivity index (χ3v) is 5.11. The summed E-state index contributed by atoms with van der Waals surface area (Å²) in [5.41, 5.74) is 1.01. The molecule has 0 amide bonds. The van der Waals surface area contributed by atoms with E-state index in [9.17, 15) is 9.59 Å². The fourth-order valence-corrected chi connectivity index (χ4v) is 3.74. The fourth-order valence-electron chi connectivity index (χ4n) is 3.74. The van der Waals surface area contributed by atoms with E-state index in [4.69, 9.17) is 9.47 Å². The molecule has 3 aliphatic carbocycles. The highest BCUT2D eigenvalue weighted by molar-refractivity contribution is 5.90. The molecule has 2 aromatic rings. The van der Waals surface area contributed by atoms with E-state index in [1.54, 1.807) is 48.5 Å². The smallest absolute Gasteiger partial charge is 0.338 e. The van der Waals surface area contributed by atoms with Gasteiger partial charge in [-0.3, -0.25) is 0 Å². The van der Waals surface area contributed by atoms with E-state index in [2.05, 4.69) is 12.2 Å². The van der Waals surface area contributed by atoms with Gasteiger partial charge in [0.15, 0.2) is 0 Å². The van der Waals surface area contributed by atoms with E-state index in [1.165, 1.54) is 0 Å². The lowest BCUT2D eigenvalue weighted by Gasteiger charge is -2.43. The summed E-state index contributed by atoms with van der Waals surface area (Å²) in [4.78, 5) is 25.0. The molecule has 0 heterocycles. The molecule has 0 N–H and O–H groups in total. The highest BCUT2D eigenvalue weighted by Gasteiger charge is 2.45. The molecule has 4 unspecified atom stereocenters. The van der Waals surface area contributed by atoms with Gasteiger partial charge in [0.1, 0.15) is 12.2 Å². The molecular weight excluding hydrogens is 328 g/mol. The largest absolute Gasteiger partial charge is 0.454 e. The Kier molecular flexibility index (Phi) is 4.57. The van der Waals surface area contributed by atoms with E-state index in [0.29, 0.717) is 11.1 Å². The molecule has 4 atom stereocenters. The summed E-state index contributed by atoms with van der Waals surface area (Å²) in [5, 5.41) is 0. The number of fused-ring (bicyclic) bond motifs is 2. The van der Waals surface area contributed by atoms with Crippen molar-refractivity contribution in [2.45, 2.75) is 25.0 Å². The first-order valence-corrected chi connectivity index (χ1v) is 8.93. The quantitative estimate of drug-likeness (QED) is 0.618. The van der Waals surface area contributed by atoms with Gasteiger partial charge in [-0.1, -0.05) is 48.6 Å². The Balaban J connectivity index is 1.53. The van der Waals surface area contributed by atoms with Gasteiger partial charge >= 0.3 is 11.9 Å². The lowest BCUT2D eigenvalue weighted by Crippen LogP contribution is -2.49. The summed E-state index contributed by atoms with van der Waals surface area (Å²) in [6, 6.07) is 17.8. The SMILES string of the molecule is O=C(OC1C2C=CC(CC2)C1OC(=O)c1ccccc1)c1ccccc1. The van der Waals surface area contributed by atoms with Crippen LogP contribution in [-0.2, 0) is 9.47 Å². The first kappa shape index (κ1) is 16.6. The van der Waals surface area contributed by atoms with Gasteiger partial charge in [-0.25, -0.2) is 9.59 Å². The van der Waals surface area contributed by atoms with Crippen LogP contribution in [0.3, 0.4) is 0 Å². The standard InChI is InChI=1S/C22H20O4/c23-21(17-7-3-1-4-8-17)25-19-15-11-13-16(14-12-15)20(19)26-22(24)18-9-5-2-6-10-18/h1-11,13,15-16,19-20H,12,14H2. The molecule has 0 spiro atoms. The third kappa shape index (κ3) is 3.27. The van der Waals surface area contributed by atoms with Crippen molar-refractivity contribution in [1.82, 2.24) is 0 Å². The van der Waals surface area contributed by atoms with Crippen LogP contribution in [-0.4, -0.2) is 24.1 Å². The normalized spacial score (nSPS) is 26.3. The van der Waals surface area contributed by atoms with Crippen LogP contribution < -0.4 is 0 Å². The van der Waals surface area contributed by atoms with Gasteiger partial charge in [0.25, 0.3) is 0 Å². The van der Waals surface area contributed by atoms with E-state index in [1.807, 2.05) is 12.1 Å². The average Bonchev–Trinajstić information content (AvgIpc) is 2.71. The van der Waals surface area contributed by atoms with Crippen molar-refractivity contribution in [3.8, 4) is 0 Å². The maximum absolute atomic E-state index is 12.5. The molecule has 132 valence electrons. The van der Waals surface area contributed by atoms with E-state index in [-0.39, 0.29) is 23.8 Å². The van der Waals surface area contributed by atoms with E-state index in [0.717, 1.165) is 12.8 Å². The molecule has 4 heteroatoms. The molecule has 0 saturated heterocycles. The number of carbonyl (C=O) groups excluding carboxylic acids is 2. The van der Waals surface area contributed by atoms with Gasteiger partial charge < -0.3 is 9.47 Å². The minimum atomic E-state index is -0.445. The second-order valence-electron chi connectivity index (χ2n) is 6.76. The van der Waals surface area contributed by atoms with Gasteiger partial charge in [0.2, 0.25) is 0 Å². The second kappa shape index (κ2) is 7.16. The Labute approximate surface area is 152 Å². The maximum Gasteiger partial charge on any atom is 0.338 e. The molecular formula is C22H20O4. The van der Waals surface area contributed by atoms with Gasteiger partial charge in [0.05, 0.1) is 11.1 Å². The van der Waals surface area contributed by atoms with Crippen LogP contribution in [0.15, 0.2) is 72.8 Å². The van der Waals surface area contributed by atoms with Crippen LogP contribution in [0, 0.1) is 11.8 Å². The number of ether oxygens (including phenoxy) is 2. The van der Waals surface area contributed by atoms with Crippen molar-refractivity contribution in [3.05, 3.63) is 83.9 Å². The number of carbonyl (C=O) groups is 2. The van der Waals surface area contributed by atoms with Gasteiger partial charge in [-0.2, -0.15) is 0 Å². The zero-order valence-electron chi connectivity index (χ0n) is 14.3. The number of hydrogen-bond donors (Lipinski definition) is 0. The van der Waals surface area contributed by atoms with Gasteiger partial charge in [-0.05, 0) is 37.1 Å². The van der Waals surface area contributed by atoms with Crippen molar-refractivity contribution in [3.63, 3.8) is 0 Å². The van der Waals surface area contributed by atoms with Gasteiger partial charge in [-0.15, -0.1) is 0 Å². The zero-order chi connectivity index (χ0) is 17.9. The summed E-state index contributed by atoms with van der Waals surface area (Å²) in [7, 11) is 0. The highest BCUT2D eigenvalue weighted by Crippen LogP contribution is 2.40. The van der Waals surface area contributed by atoms with Crippen LogP contribution in [0.5, 0.6) is 0 Å². The first-order valence-electron chi connectivity index (χ1n) is 8.93. The number of benzene rings is 2. The van der Waals surface area contributed by atoms with Crippen LogP contribution in [0.1, 0.15) is 33.6 Å². The molecule has 0 aromatic heterocycles. The van der Waals surface area contributed by atoms with E-state index < -0.39 is 12.2 Å². The predicted octanol–water partition coefficient (Wildman–Crippen LogP) is 4.03. The minimum absolute atomic E-state index is 0.0845. The summed E-state index contributed by atoms with van der Waals surface area (Å²) in [5.74, 6) is -0.586. The molecule has 1 fully saturated rings. The molecule has 2 bridgehead atoms. The highest BCUT2D eigenvalue weighted by atomic mass is 16.6. The van der Waals surface area contributed by atoms with Gasteiger partial charge in [0, 0.05) is 11.8 Å². The Morgan fingerprint density at radius 2 is 1.04 bits per heavy atom. The van der Waals surface area contributed by atoms with Crippen molar-refractivity contribution >= 4 is 11.9 Å². The summed E-state index contributed by atoms with van der Waals surface area (Å²) >= 11 is 0. The van der Waals surface area contributed by atoms with Crippen LogP contribution in [0.25, 0.3) is 0 Å². The summed E-state index contributed by atoms with van der Waals surface area (Å²) < 4.78 is 11.6. The van der Waals surface area contributed by atoms with Crippen molar-refractivity contribution < 1.29 is 19.1 Å². The fraction of sp³-hybridized carbons (Fsp3) is 0.273. The van der Waals surface area contributed by atoms with Crippen molar-refractivity contribution in [1.29, 1.82) is 0 Å². The number of hydrogen-bond acceptors (Lipinski definition) is 4. The molecule has 26 heavy (non-hydrogen) atoms. The van der Waals surface area contributed by atoms with Crippen molar-refractivity contribution in [2.75, 3.05) is 0 Å². The number of rotatable bonds is 4. The Bertz CT molecular complexity index is 743. The molecule has 0 radical (unpaired) electrons. The minimum Gasteiger partial charge on any atom is -0.454 e. The van der Waals surface area contributed by atoms with Crippen molar-refractivity contribution in [2.24, 2.45) is 11.8 Å². The topological polar surface area (TPSA) is 52.6 Å². The molecule has 3 aliphatic rings. The molecule has 1 saturated carbocycles. The third-order valence-electron chi connectivity index (χ3n) is 5.11. The lowest BCUT2D eigenvalue weighted by atomic mass is 9.72. The molecule has 5 rings (SSSR count). The summed E-state index contributed by atoms with van der Waals surface area (Å²) in [6.45, 7) is 0. The Hall–Kier alpha value is -2.88. The first-order chi connectivity index (χ1) is 12.7. The molecule has 4 nitrogen and oxygen atoms in total. The molecule has 2 aromatic carbocycles.